The number of phenols is 1. The Labute approximate surface area is 194 Å². The van der Waals surface area contributed by atoms with Crippen molar-refractivity contribution in [3.63, 3.8) is 0 Å². The third-order valence-electron chi connectivity index (χ3n) is 6.57. The largest absolute Gasteiger partial charge is 0.573 e. The van der Waals surface area contributed by atoms with E-state index in [2.05, 4.69) is 4.74 Å². The molecule has 9 nitrogen and oxygen atoms in total. The minimum atomic E-state index is -5.00. The van der Waals surface area contributed by atoms with E-state index >= 15 is 0 Å². The van der Waals surface area contributed by atoms with Gasteiger partial charge in [-0.05, 0) is 36.8 Å². The number of phenolic OH excluding ortho intramolecular Hbond substituents is 1. The standard InChI is InChI=1S/C23H18F3N3O6/c1-10-7-17(31)14-9-15-12(5-6-28-21(33)27(2)22(34)29(15)28)18(19(14)20(10)32)13-8-11(3-4-16(13)30)35-23(24,25)26/h3-5,7-8,15,18,30H,6,9H2,1-2H3/t15-,18-/m1/s1. The molecule has 1 aromatic heterocycles. The second-order valence-corrected chi connectivity index (χ2v) is 8.59. The van der Waals surface area contributed by atoms with Crippen LogP contribution < -0.4 is 16.1 Å². The van der Waals surface area contributed by atoms with Crippen LogP contribution >= 0.6 is 0 Å². The molecule has 12 heteroatoms. The highest BCUT2D eigenvalue weighted by Crippen LogP contribution is 2.51. The van der Waals surface area contributed by atoms with Crippen LogP contribution in [0.1, 0.15) is 30.9 Å². The molecule has 1 N–H and O–H groups in total. The molecular formula is C23H18F3N3O6. The first kappa shape index (κ1) is 22.7. The summed E-state index contributed by atoms with van der Waals surface area (Å²) in [6.07, 6.45) is -2.31. The topological polar surface area (TPSA) is 113 Å². The summed E-state index contributed by atoms with van der Waals surface area (Å²) in [4.78, 5) is 51.5. The molecule has 2 atom stereocenters. The van der Waals surface area contributed by atoms with Crippen LogP contribution in [-0.4, -0.2) is 37.0 Å². The van der Waals surface area contributed by atoms with Gasteiger partial charge >= 0.3 is 17.7 Å². The van der Waals surface area contributed by atoms with Crippen molar-refractivity contribution in [1.82, 2.24) is 13.9 Å². The summed E-state index contributed by atoms with van der Waals surface area (Å²) in [5.74, 6) is -3.16. The first-order chi connectivity index (χ1) is 16.4. The zero-order valence-corrected chi connectivity index (χ0v) is 18.4. The SMILES string of the molecule is CC1=CC(=O)C2=C(C1=O)[C@@H](c1cc(OC(F)(F)F)ccc1O)C1=CCn3c(=O)n(C)c(=O)n3[C@@H]1C2. The highest BCUT2D eigenvalue weighted by Gasteiger charge is 2.45. The Morgan fingerprint density at radius 1 is 1.11 bits per heavy atom. The maximum atomic E-state index is 13.2. The van der Waals surface area contributed by atoms with E-state index in [1.54, 1.807) is 6.08 Å². The molecule has 1 aliphatic heterocycles. The number of alkyl halides is 3. The number of halogens is 3. The number of carbonyl (C=O) groups is 2. The van der Waals surface area contributed by atoms with Crippen molar-refractivity contribution in [2.75, 3.05) is 0 Å². The number of ether oxygens (including phenoxy) is 1. The summed E-state index contributed by atoms with van der Waals surface area (Å²) < 4.78 is 45.9. The van der Waals surface area contributed by atoms with Gasteiger partial charge in [-0.15, -0.1) is 13.2 Å². The molecule has 3 aliphatic rings. The highest BCUT2D eigenvalue weighted by molar-refractivity contribution is 6.23. The molecule has 0 saturated heterocycles. The van der Waals surface area contributed by atoms with Gasteiger partial charge in [0.1, 0.15) is 11.5 Å². The van der Waals surface area contributed by atoms with E-state index in [0.717, 1.165) is 22.8 Å². The molecule has 0 bridgehead atoms. The zero-order chi connectivity index (χ0) is 25.4. The minimum absolute atomic E-state index is 0.0248. The van der Waals surface area contributed by atoms with Crippen LogP contribution in [-0.2, 0) is 23.2 Å². The molecule has 2 heterocycles. The lowest BCUT2D eigenvalue weighted by Gasteiger charge is -2.39. The van der Waals surface area contributed by atoms with Gasteiger partial charge in [0.15, 0.2) is 11.6 Å². The highest BCUT2D eigenvalue weighted by atomic mass is 19.4. The van der Waals surface area contributed by atoms with Gasteiger partial charge in [0, 0.05) is 41.7 Å². The van der Waals surface area contributed by atoms with Gasteiger partial charge in [-0.3, -0.25) is 9.59 Å². The minimum Gasteiger partial charge on any atom is -0.508 e. The number of nitrogens with zero attached hydrogens (tertiary/aromatic N) is 3. The average Bonchev–Trinajstić information content (AvgIpc) is 3.01. The number of fused-ring (bicyclic) bond motifs is 3. The first-order valence-corrected chi connectivity index (χ1v) is 10.6. The Bertz CT molecular complexity index is 1530. The Kier molecular flexibility index (Phi) is 4.83. The van der Waals surface area contributed by atoms with Gasteiger partial charge in [0.05, 0.1) is 12.6 Å². The molecule has 182 valence electrons. The quantitative estimate of drug-likeness (QED) is 0.510. The maximum Gasteiger partial charge on any atom is 0.573 e. The lowest BCUT2D eigenvalue weighted by atomic mass is 9.67. The fourth-order valence-electron chi connectivity index (χ4n) is 5.06. The molecule has 0 spiro atoms. The summed E-state index contributed by atoms with van der Waals surface area (Å²) in [5, 5.41) is 10.7. The molecule has 35 heavy (non-hydrogen) atoms. The van der Waals surface area contributed by atoms with Crippen LogP contribution in [0.5, 0.6) is 11.5 Å². The Morgan fingerprint density at radius 3 is 2.51 bits per heavy atom. The molecular weight excluding hydrogens is 471 g/mol. The van der Waals surface area contributed by atoms with E-state index in [9.17, 15) is 37.5 Å². The fraction of sp³-hybridized carbons (Fsp3) is 0.304. The molecule has 0 saturated carbocycles. The van der Waals surface area contributed by atoms with E-state index in [4.69, 9.17) is 0 Å². The summed E-state index contributed by atoms with van der Waals surface area (Å²) >= 11 is 0. The van der Waals surface area contributed by atoms with Crippen molar-refractivity contribution in [2.24, 2.45) is 7.05 Å². The van der Waals surface area contributed by atoms with E-state index in [0.29, 0.717) is 5.57 Å². The molecule has 2 aliphatic carbocycles. The number of carbonyl (C=O) groups excluding carboxylic acids is 2. The molecule has 5 rings (SSSR count). The third-order valence-corrected chi connectivity index (χ3v) is 6.57. The number of Topliss-reactive ketones (excluding diaryl/α,β-unsaturated/α-hetero) is 1. The fourth-order valence-corrected chi connectivity index (χ4v) is 5.06. The number of aromatic hydroxyl groups is 1. The van der Waals surface area contributed by atoms with E-state index in [1.807, 2.05) is 0 Å². The molecule has 1 aromatic carbocycles. The molecule has 2 aromatic rings. The predicted molar refractivity (Wildman–Crippen MR) is 114 cm³/mol. The van der Waals surface area contributed by atoms with Crippen molar-refractivity contribution < 1.29 is 32.6 Å². The monoisotopic (exact) mass is 489 g/mol. The number of benzene rings is 1. The van der Waals surface area contributed by atoms with Crippen molar-refractivity contribution in [2.45, 2.75) is 38.2 Å². The van der Waals surface area contributed by atoms with Crippen molar-refractivity contribution >= 4 is 11.6 Å². The number of hydrogen-bond donors (Lipinski definition) is 1. The summed E-state index contributed by atoms with van der Waals surface area (Å²) in [5.41, 5.74) is -0.662. The molecule has 0 fully saturated rings. The molecule has 0 unspecified atom stereocenters. The number of ketones is 2. The van der Waals surface area contributed by atoms with Crippen LogP contribution in [0, 0.1) is 0 Å². The second-order valence-electron chi connectivity index (χ2n) is 8.59. The van der Waals surface area contributed by atoms with Crippen LogP contribution in [0.25, 0.3) is 0 Å². The van der Waals surface area contributed by atoms with E-state index in [-0.39, 0.29) is 35.2 Å². The zero-order valence-electron chi connectivity index (χ0n) is 18.4. The predicted octanol–water partition coefficient (Wildman–Crippen LogP) is 2.02. The van der Waals surface area contributed by atoms with Crippen LogP contribution in [0.4, 0.5) is 13.2 Å². The van der Waals surface area contributed by atoms with Gasteiger partial charge in [-0.1, -0.05) is 6.08 Å². The number of aromatic nitrogens is 3. The van der Waals surface area contributed by atoms with E-state index in [1.165, 1.54) is 29.4 Å². The second kappa shape index (κ2) is 7.45. The molecule has 0 amide bonds. The third kappa shape index (κ3) is 3.39. The summed E-state index contributed by atoms with van der Waals surface area (Å²) in [6.45, 7) is 1.40. The Hall–Kier alpha value is -4.09. The number of hydrogen-bond acceptors (Lipinski definition) is 6. The van der Waals surface area contributed by atoms with Gasteiger partial charge in [-0.25, -0.2) is 23.5 Å². The van der Waals surface area contributed by atoms with Gasteiger partial charge < -0.3 is 9.84 Å². The average molecular weight is 489 g/mol. The maximum absolute atomic E-state index is 13.2. The van der Waals surface area contributed by atoms with Gasteiger partial charge in [0.2, 0.25) is 0 Å². The Balaban J connectivity index is 1.77. The van der Waals surface area contributed by atoms with Crippen LogP contribution in [0.3, 0.4) is 0 Å². The van der Waals surface area contributed by atoms with Crippen molar-refractivity contribution in [3.05, 3.63) is 79.2 Å². The van der Waals surface area contributed by atoms with Crippen molar-refractivity contribution in [3.8, 4) is 11.5 Å². The number of rotatable bonds is 2. The smallest absolute Gasteiger partial charge is 0.508 e. The van der Waals surface area contributed by atoms with Gasteiger partial charge in [0.25, 0.3) is 0 Å². The summed E-state index contributed by atoms with van der Waals surface area (Å²) in [7, 11) is 1.30. The lowest BCUT2D eigenvalue weighted by molar-refractivity contribution is -0.274. The summed E-state index contributed by atoms with van der Waals surface area (Å²) in [6, 6.07) is 2.02. The van der Waals surface area contributed by atoms with Crippen molar-refractivity contribution in [1.29, 1.82) is 0 Å². The Morgan fingerprint density at radius 2 is 1.83 bits per heavy atom. The lowest BCUT2D eigenvalue weighted by Crippen LogP contribution is -2.40. The normalized spacial score (nSPS) is 21.7. The first-order valence-electron chi connectivity index (χ1n) is 10.6. The van der Waals surface area contributed by atoms with Gasteiger partial charge in [-0.2, -0.15) is 0 Å². The number of allylic oxidation sites excluding steroid dienone is 6. The van der Waals surface area contributed by atoms with Crippen LogP contribution in [0.15, 0.2) is 62.2 Å². The van der Waals surface area contributed by atoms with Crippen LogP contribution in [0.2, 0.25) is 0 Å². The van der Waals surface area contributed by atoms with E-state index < -0.39 is 52.8 Å². The molecule has 0 radical (unpaired) electrons.